The van der Waals surface area contributed by atoms with Gasteiger partial charge in [0.15, 0.2) is 23.8 Å². The van der Waals surface area contributed by atoms with E-state index in [1.165, 1.54) is 46.6 Å². The number of nitrogen functional groups attached to an aromatic ring is 1. The summed E-state index contributed by atoms with van der Waals surface area (Å²) in [6, 6.07) is 10.3. The molecule has 0 bridgehead atoms. The molecule has 1 unspecified atom stereocenters. The Hall–Kier alpha value is -4.85. The lowest BCUT2D eigenvalue weighted by Crippen LogP contribution is -2.21. The van der Waals surface area contributed by atoms with Crippen molar-refractivity contribution in [2.24, 2.45) is 0 Å². The van der Waals surface area contributed by atoms with E-state index >= 15 is 0 Å². The molecule has 4 heterocycles. The summed E-state index contributed by atoms with van der Waals surface area (Å²) in [5.41, 5.74) is 8.35. The largest absolute Gasteiger partial charge is 0.481 e. The zero-order valence-electron chi connectivity index (χ0n) is 22.5. The first kappa shape index (κ1) is 28.3. The van der Waals surface area contributed by atoms with E-state index in [-0.39, 0.29) is 39.2 Å². The molecule has 0 fully saturated rings. The Morgan fingerprint density at radius 3 is 2.58 bits per heavy atom. The highest BCUT2D eigenvalue weighted by Gasteiger charge is 2.29. The first-order chi connectivity index (χ1) is 20.4. The highest BCUT2D eigenvalue weighted by Crippen LogP contribution is 2.37. The molecule has 0 amide bonds. The van der Waals surface area contributed by atoms with Crippen molar-refractivity contribution < 1.29 is 26.7 Å². The average Bonchev–Trinajstić information content (AvgIpc) is 3.53. The molecule has 6 aromatic rings. The molecule has 14 heteroatoms. The topological polar surface area (TPSA) is 100 Å². The molecule has 2 aromatic carbocycles. The number of anilines is 1. The lowest BCUT2D eigenvalue weighted by Gasteiger charge is -2.18. The summed E-state index contributed by atoms with van der Waals surface area (Å²) in [6.45, 7) is 1.92. The van der Waals surface area contributed by atoms with Gasteiger partial charge in [-0.1, -0.05) is 12.1 Å². The van der Waals surface area contributed by atoms with Crippen LogP contribution in [0.15, 0.2) is 65.0 Å². The molecule has 0 saturated heterocycles. The van der Waals surface area contributed by atoms with Gasteiger partial charge in [0, 0.05) is 16.6 Å². The van der Waals surface area contributed by atoms with E-state index in [1.807, 2.05) is 11.4 Å². The number of pyridine rings is 1. The van der Waals surface area contributed by atoms with Crippen LogP contribution < -0.4 is 16.0 Å². The fraction of sp³-hybridized carbons (Fsp3) is 0.172. The summed E-state index contributed by atoms with van der Waals surface area (Å²) in [4.78, 5) is 22.9. The fourth-order valence-electron chi connectivity index (χ4n) is 5.01. The molecule has 2 N–H and O–H groups in total. The van der Waals surface area contributed by atoms with Crippen LogP contribution in [0.5, 0.6) is 5.75 Å². The summed E-state index contributed by atoms with van der Waals surface area (Å²) >= 11 is 1.37. The number of alkyl halides is 3. The lowest BCUT2D eigenvalue weighted by atomic mass is 9.97. The number of fused-ring (bicyclic) bond motifs is 2. The van der Waals surface area contributed by atoms with Crippen molar-refractivity contribution in [1.29, 1.82) is 0 Å². The molecule has 43 heavy (non-hydrogen) atoms. The fourth-order valence-corrected chi connectivity index (χ4v) is 5.94. The first-order valence-electron chi connectivity index (χ1n) is 12.8. The van der Waals surface area contributed by atoms with E-state index in [9.17, 15) is 26.7 Å². The third-order valence-electron chi connectivity index (χ3n) is 6.95. The van der Waals surface area contributed by atoms with Gasteiger partial charge in [-0.25, -0.2) is 23.4 Å². The van der Waals surface area contributed by atoms with Crippen molar-refractivity contribution in [1.82, 2.24) is 24.1 Å². The Morgan fingerprint density at radius 2 is 1.86 bits per heavy atom. The number of aryl methyl sites for hydroxylation is 1. The standard InChI is InChI=1S/C29H21F5N6O2S/c1-14-11-43-22-10-19(23(28(41)39(14)22)16-4-3-5-18(30)8-16)15(2)40-27-24(26(35)36-13-37-27)25(38-40)17-6-7-21(20(31)9-17)42-12-29(32,33)34/h3-11,13,15H,12H2,1-2H3,(H2,35,36,37). The molecule has 8 nitrogen and oxygen atoms in total. The molecule has 0 aliphatic rings. The first-order valence-corrected chi connectivity index (χ1v) is 13.7. The molecule has 0 aliphatic carbocycles. The van der Waals surface area contributed by atoms with E-state index in [2.05, 4.69) is 19.8 Å². The summed E-state index contributed by atoms with van der Waals surface area (Å²) < 4.78 is 74.6. The van der Waals surface area contributed by atoms with Gasteiger partial charge in [-0.2, -0.15) is 18.3 Å². The zero-order valence-corrected chi connectivity index (χ0v) is 23.3. The monoisotopic (exact) mass is 612 g/mol. The Morgan fingerprint density at radius 1 is 1.07 bits per heavy atom. The molecule has 220 valence electrons. The molecule has 0 aliphatic heterocycles. The van der Waals surface area contributed by atoms with E-state index in [0.717, 1.165) is 17.8 Å². The van der Waals surface area contributed by atoms with Crippen LogP contribution >= 0.6 is 11.3 Å². The number of hydrogen-bond acceptors (Lipinski definition) is 7. The van der Waals surface area contributed by atoms with E-state index in [4.69, 9.17) is 5.73 Å². The highest BCUT2D eigenvalue weighted by atomic mass is 32.1. The second-order valence-electron chi connectivity index (χ2n) is 9.82. The van der Waals surface area contributed by atoms with Gasteiger partial charge in [0.05, 0.1) is 17.0 Å². The number of aromatic nitrogens is 5. The smallest absolute Gasteiger partial charge is 0.422 e. The second kappa shape index (κ2) is 10.5. The van der Waals surface area contributed by atoms with Crippen molar-refractivity contribution >= 4 is 33.0 Å². The minimum Gasteiger partial charge on any atom is -0.481 e. The summed E-state index contributed by atoms with van der Waals surface area (Å²) in [5, 5.41) is 6.80. The van der Waals surface area contributed by atoms with Crippen LogP contribution in [0.1, 0.15) is 24.2 Å². The predicted octanol–water partition coefficient (Wildman–Crippen LogP) is 6.55. The number of thiazole rings is 1. The van der Waals surface area contributed by atoms with Crippen LogP contribution in [0.2, 0.25) is 0 Å². The quantitative estimate of drug-likeness (QED) is 0.214. The Bertz CT molecular complexity index is 2080. The third kappa shape index (κ3) is 5.07. The van der Waals surface area contributed by atoms with Gasteiger partial charge in [0.1, 0.15) is 28.5 Å². The molecule has 1 atom stereocenters. The zero-order chi connectivity index (χ0) is 30.6. The van der Waals surface area contributed by atoms with Crippen LogP contribution in [0.25, 0.3) is 38.2 Å². The molecular weight excluding hydrogens is 591 g/mol. The van der Waals surface area contributed by atoms with Crippen LogP contribution in [0.3, 0.4) is 0 Å². The van der Waals surface area contributed by atoms with Gasteiger partial charge < -0.3 is 10.5 Å². The van der Waals surface area contributed by atoms with Crippen LogP contribution in [0.4, 0.5) is 27.8 Å². The van der Waals surface area contributed by atoms with Gasteiger partial charge in [0.25, 0.3) is 5.56 Å². The number of ether oxygens (including phenoxy) is 1. The minimum atomic E-state index is -4.64. The third-order valence-corrected chi connectivity index (χ3v) is 7.95. The molecule has 0 radical (unpaired) electrons. The summed E-state index contributed by atoms with van der Waals surface area (Å²) in [6.07, 6.45) is -3.41. The average molecular weight is 613 g/mol. The summed E-state index contributed by atoms with van der Waals surface area (Å²) in [7, 11) is 0. The Balaban J connectivity index is 1.53. The predicted molar refractivity (Wildman–Crippen MR) is 152 cm³/mol. The SMILES string of the molecule is Cc1csc2cc(C(C)n3nc(-c4ccc(OCC(F)(F)F)c(F)c4)c4c(N)ncnc43)c(-c3cccc(F)c3)c(=O)n12. The van der Waals surface area contributed by atoms with Gasteiger partial charge >= 0.3 is 6.18 Å². The van der Waals surface area contributed by atoms with E-state index in [1.54, 1.807) is 24.3 Å². The Labute approximate surface area is 243 Å². The number of nitrogens with zero attached hydrogens (tertiary/aromatic N) is 5. The van der Waals surface area contributed by atoms with Crippen LogP contribution in [-0.4, -0.2) is 36.9 Å². The number of halogens is 5. The van der Waals surface area contributed by atoms with Gasteiger partial charge in [0.2, 0.25) is 0 Å². The van der Waals surface area contributed by atoms with Crippen molar-refractivity contribution in [2.75, 3.05) is 12.3 Å². The highest BCUT2D eigenvalue weighted by molar-refractivity contribution is 7.15. The number of nitrogens with two attached hydrogens (primary N) is 1. The number of benzene rings is 2. The maximum Gasteiger partial charge on any atom is 0.422 e. The summed E-state index contributed by atoms with van der Waals surface area (Å²) in [5.74, 6) is -2.10. The number of rotatable bonds is 6. The second-order valence-corrected chi connectivity index (χ2v) is 10.7. The van der Waals surface area contributed by atoms with Gasteiger partial charge in [-0.3, -0.25) is 9.20 Å². The van der Waals surface area contributed by atoms with Crippen molar-refractivity contribution in [3.05, 3.63) is 93.5 Å². The van der Waals surface area contributed by atoms with Gasteiger partial charge in [-0.05, 0) is 61.4 Å². The molecule has 6 rings (SSSR count). The normalized spacial score (nSPS) is 12.7. The maximum atomic E-state index is 14.9. The van der Waals surface area contributed by atoms with Crippen molar-refractivity contribution in [3.63, 3.8) is 0 Å². The van der Waals surface area contributed by atoms with Crippen LogP contribution in [0, 0.1) is 18.6 Å². The Kier molecular flexibility index (Phi) is 6.87. The molecular formula is C29H21F5N6O2S. The van der Waals surface area contributed by atoms with Crippen LogP contribution in [-0.2, 0) is 0 Å². The van der Waals surface area contributed by atoms with Gasteiger partial charge in [-0.15, -0.1) is 11.3 Å². The maximum absolute atomic E-state index is 14.9. The molecule has 4 aromatic heterocycles. The molecule has 0 saturated carbocycles. The van der Waals surface area contributed by atoms with E-state index in [0.29, 0.717) is 16.0 Å². The van der Waals surface area contributed by atoms with Crippen molar-refractivity contribution in [3.8, 4) is 28.1 Å². The minimum absolute atomic E-state index is 0.0333. The lowest BCUT2D eigenvalue weighted by molar-refractivity contribution is -0.153. The van der Waals surface area contributed by atoms with E-state index < -0.39 is 36.2 Å². The number of hydrogen-bond donors (Lipinski definition) is 1. The van der Waals surface area contributed by atoms with Crippen molar-refractivity contribution in [2.45, 2.75) is 26.1 Å². The molecule has 0 spiro atoms.